The van der Waals surface area contributed by atoms with E-state index in [9.17, 15) is 10.1 Å². The maximum Gasteiger partial charge on any atom is 0.270 e. The summed E-state index contributed by atoms with van der Waals surface area (Å²) in [5.41, 5.74) is 0.00291. The lowest BCUT2D eigenvalue weighted by molar-refractivity contribution is -0.384. The first kappa shape index (κ1) is 14.6. The van der Waals surface area contributed by atoms with E-state index in [-0.39, 0.29) is 11.3 Å². The summed E-state index contributed by atoms with van der Waals surface area (Å²) < 4.78 is 6.44. The van der Waals surface area contributed by atoms with Gasteiger partial charge in [-0.05, 0) is 30.0 Å². The maximum atomic E-state index is 10.8. The van der Waals surface area contributed by atoms with E-state index < -0.39 is 4.92 Å². The Bertz CT molecular complexity index is 912. The van der Waals surface area contributed by atoms with Crippen LogP contribution in [0.25, 0.3) is 11.6 Å². The van der Waals surface area contributed by atoms with Crippen molar-refractivity contribution in [2.75, 3.05) is 5.84 Å². The van der Waals surface area contributed by atoms with E-state index in [0.717, 1.165) is 11.8 Å². The van der Waals surface area contributed by atoms with Gasteiger partial charge in [-0.2, -0.15) is 5.26 Å². The first-order valence-electron chi connectivity index (χ1n) is 6.21. The number of benzene rings is 1. The number of non-ortho nitro benzene ring substituents is 1. The fraction of sp³-hybridized carbons (Fsp3) is 0. The molecular weight excluding hydrogens is 320 g/mol. The minimum atomic E-state index is -0.560. The van der Waals surface area contributed by atoms with E-state index >= 15 is 0 Å². The van der Waals surface area contributed by atoms with Crippen molar-refractivity contribution in [3.8, 4) is 17.7 Å². The number of nitrogen functional groups attached to an aromatic ring is 1. The summed E-state index contributed by atoms with van der Waals surface area (Å²) in [7, 11) is 0. The van der Waals surface area contributed by atoms with Crippen molar-refractivity contribution in [2.24, 2.45) is 0 Å². The minimum absolute atomic E-state index is 0.156. The topological polar surface area (TPSA) is 137 Å². The lowest BCUT2D eigenvalue weighted by Gasteiger charge is -2.04. The van der Waals surface area contributed by atoms with Crippen LogP contribution in [-0.2, 0) is 0 Å². The Morgan fingerprint density at radius 1 is 1.39 bits per heavy atom. The van der Waals surface area contributed by atoms with Gasteiger partial charge in [-0.15, -0.1) is 10.2 Å². The molecule has 1 aromatic carbocycles. The summed E-state index contributed by atoms with van der Waals surface area (Å²) >= 11 is 1.08. The largest absolute Gasteiger partial charge is 0.461 e. The van der Waals surface area contributed by atoms with E-state index in [1.165, 1.54) is 29.1 Å². The fourth-order valence-corrected chi connectivity index (χ4v) is 2.64. The van der Waals surface area contributed by atoms with Crippen LogP contribution in [0.15, 0.2) is 51.1 Å². The molecule has 0 saturated carbocycles. The fourth-order valence-electron chi connectivity index (χ4n) is 1.83. The molecule has 0 aliphatic heterocycles. The van der Waals surface area contributed by atoms with Gasteiger partial charge in [0.1, 0.15) is 6.07 Å². The molecule has 3 aromatic rings. The van der Waals surface area contributed by atoms with E-state index in [1.807, 2.05) is 6.07 Å². The highest BCUT2D eigenvalue weighted by molar-refractivity contribution is 7.99. The SMILES string of the molecule is N#Cc1cc([N+](=O)[O-])ccc1Sc1nnc(-c2ccco2)n1N. The van der Waals surface area contributed by atoms with Gasteiger partial charge in [0.2, 0.25) is 11.0 Å². The summed E-state index contributed by atoms with van der Waals surface area (Å²) in [4.78, 5) is 10.7. The summed E-state index contributed by atoms with van der Waals surface area (Å²) in [6.45, 7) is 0. The molecule has 0 bridgehead atoms. The van der Waals surface area contributed by atoms with Gasteiger partial charge < -0.3 is 10.3 Å². The van der Waals surface area contributed by atoms with Crippen molar-refractivity contribution in [1.82, 2.24) is 14.9 Å². The lowest BCUT2D eigenvalue weighted by atomic mass is 10.2. The second-order valence-electron chi connectivity index (χ2n) is 4.30. The third-order valence-corrected chi connectivity index (χ3v) is 3.94. The van der Waals surface area contributed by atoms with E-state index in [2.05, 4.69) is 10.2 Å². The Morgan fingerprint density at radius 2 is 2.22 bits per heavy atom. The zero-order valence-electron chi connectivity index (χ0n) is 11.4. The van der Waals surface area contributed by atoms with Crippen LogP contribution in [0.5, 0.6) is 0 Å². The smallest absolute Gasteiger partial charge is 0.270 e. The molecule has 2 heterocycles. The molecule has 23 heavy (non-hydrogen) atoms. The first-order chi connectivity index (χ1) is 11.1. The van der Waals surface area contributed by atoms with Crippen molar-refractivity contribution in [2.45, 2.75) is 10.1 Å². The number of aromatic nitrogens is 3. The van der Waals surface area contributed by atoms with E-state index in [0.29, 0.717) is 21.6 Å². The zero-order chi connectivity index (χ0) is 16.4. The summed E-state index contributed by atoms with van der Waals surface area (Å²) in [6, 6.07) is 9.30. The van der Waals surface area contributed by atoms with Crippen molar-refractivity contribution >= 4 is 17.4 Å². The Kier molecular flexibility index (Phi) is 3.70. The average Bonchev–Trinajstić information content (AvgIpc) is 3.18. The summed E-state index contributed by atoms with van der Waals surface area (Å²) in [6.07, 6.45) is 1.49. The van der Waals surface area contributed by atoms with Crippen LogP contribution in [0.3, 0.4) is 0 Å². The minimum Gasteiger partial charge on any atom is -0.461 e. The normalized spacial score (nSPS) is 10.4. The van der Waals surface area contributed by atoms with Crippen LogP contribution in [-0.4, -0.2) is 19.8 Å². The molecule has 0 aliphatic carbocycles. The molecule has 0 spiro atoms. The molecule has 2 N–H and O–H groups in total. The second-order valence-corrected chi connectivity index (χ2v) is 5.31. The predicted molar refractivity (Wildman–Crippen MR) is 79.8 cm³/mol. The highest BCUT2D eigenvalue weighted by Gasteiger charge is 2.17. The number of rotatable bonds is 4. The number of hydrogen-bond acceptors (Lipinski definition) is 8. The number of hydrogen-bond donors (Lipinski definition) is 1. The molecule has 114 valence electrons. The van der Waals surface area contributed by atoms with Crippen molar-refractivity contribution in [1.29, 1.82) is 5.26 Å². The molecule has 0 amide bonds. The third kappa shape index (κ3) is 2.72. The maximum absolute atomic E-state index is 10.8. The third-order valence-electron chi connectivity index (χ3n) is 2.90. The molecular formula is C13H8N6O3S. The monoisotopic (exact) mass is 328 g/mol. The lowest BCUT2D eigenvalue weighted by Crippen LogP contribution is -2.11. The Morgan fingerprint density at radius 3 is 2.87 bits per heavy atom. The molecule has 0 fully saturated rings. The van der Waals surface area contributed by atoms with Crippen LogP contribution in [0, 0.1) is 21.4 Å². The highest BCUT2D eigenvalue weighted by Crippen LogP contribution is 2.32. The average molecular weight is 328 g/mol. The van der Waals surface area contributed by atoms with E-state index in [4.69, 9.17) is 15.5 Å². The molecule has 0 saturated heterocycles. The van der Waals surface area contributed by atoms with E-state index in [1.54, 1.807) is 12.1 Å². The van der Waals surface area contributed by atoms with Gasteiger partial charge in [0.15, 0.2) is 5.76 Å². The molecule has 10 heteroatoms. The number of nitrogens with zero attached hydrogens (tertiary/aromatic N) is 5. The van der Waals surface area contributed by atoms with Crippen molar-refractivity contribution < 1.29 is 9.34 Å². The Labute approximate surface area is 133 Å². The number of nitro benzene ring substituents is 1. The number of nitriles is 1. The molecule has 9 nitrogen and oxygen atoms in total. The molecule has 3 rings (SSSR count). The molecule has 0 radical (unpaired) electrons. The van der Waals surface area contributed by atoms with Gasteiger partial charge in [0, 0.05) is 17.0 Å². The summed E-state index contributed by atoms with van der Waals surface area (Å²) in [5.74, 6) is 6.72. The van der Waals surface area contributed by atoms with Gasteiger partial charge in [-0.1, -0.05) is 0 Å². The van der Waals surface area contributed by atoms with Gasteiger partial charge in [-0.25, -0.2) is 4.68 Å². The highest BCUT2D eigenvalue weighted by atomic mass is 32.2. The molecule has 0 unspecified atom stereocenters. The van der Waals surface area contributed by atoms with Crippen LogP contribution < -0.4 is 5.84 Å². The van der Waals surface area contributed by atoms with Crippen LogP contribution in [0.4, 0.5) is 5.69 Å². The number of furan rings is 1. The van der Waals surface area contributed by atoms with Crippen LogP contribution >= 0.6 is 11.8 Å². The van der Waals surface area contributed by atoms with Crippen molar-refractivity contribution in [3.63, 3.8) is 0 Å². The quantitative estimate of drug-likeness (QED) is 0.437. The zero-order valence-corrected chi connectivity index (χ0v) is 12.2. The van der Waals surface area contributed by atoms with Crippen molar-refractivity contribution in [3.05, 3.63) is 52.3 Å². The number of nitro groups is 1. The first-order valence-corrected chi connectivity index (χ1v) is 7.02. The number of nitrogens with two attached hydrogens (primary N) is 1. The molecule has 2 aromatic heterocycles. The predicted octanol–water partition coefficient (Wildman–Crippen LogP) is 2.18. The van der Waals surface area contributed by atoms with Gasteiger partial charge in [-0.3, -0.25) is 10.1 Å². The van der Waals surface area contributed by atoms with Gasteiger partial charge in [0.25, 0.3) is 5.69 Å². The van der Waals surface area contributed by atoms with Crippen LogP contribution in [0.2, 0.25) is 0 Å². The van der Waals surface area contributed by atoms with Gasteiger partial charge >= 0.3 is 0 Å². The summed E-state index contributed by atoms with van der Waals surface area (Å²) in [5, 5.41) is 28.1. The molecule has 0 aliphatic rings. The van der Waals surface area contributed by atoms with Crippen LogP contribution in [0.1, 0.15) is 5.56 Å². The molecule has 0 atom stereocenters. The Balaban J connectivity index is 1.94. The van der Waals surface area contributed by atoms with Gasteiger partial charge in [0.05, 0.1) is 16.7 Å². The standard InChI is InChI=1S/C13H8N6O3S/c14-7-8-6-9(19(20)21)3-4-11(8)23-13-17-16-12(18(13)15)10-2-1-5-22-10/h1-6H,15H2. The Hall–Kier alpha value is -3.32. The second kappa shape index (κ2) is 5.82.